The summed E-state index contributed by atoms with van der Waals surface area (Å²) in [5.41, 5.74) is 6.92. The zero-order valence-electron chi connectivity index (χ0n) is 9.63. The highest BCUT2D eigenvalue weighted by molar-refractivity contribution is 6.04. The van der Waals surface area contributed by atoms with Gasteiger partial charge < -0.3 is 16.2 Å². The molecule has 0 fully saturated rings. The van der Waals surface area contributed by atoms with E-state index in [9.17, 15) is 9.90 Å². The van der Waals surface area contributed by atoms with Crippen LogP contribution in [0.3, 0.4) is 0 Å². The van der Waals surface area contributed by atoms with Crippen molar-refractivity contribution in [1.29, 1.82) is 0 Å². The fourth-order valence-corrected chi connectivity index (χ4v) is 1.50. The molecule has 0 aliphatic rings. The number of nitrogens with two attached hydrogens (primary N) is 1. The van der Waals surface area contributed by atoms with Gasteiger partial charge in [-0.15, -0.1) is 0 Å². The molecule has 0 unspecified atom stereocenters. The maximum Gasteiger partial charge on any atom is 0.255 e. The SMILES string of the molecule is NCc1cc(C(=O)Nc2ccccc2O)ccn1. The number of nitrogens with one attached hydrogen (secondary N) is 1. The highest BCUT2D eigenvalue weighted by atomic mass is 16.3. The van der Waals surface area contributed by atoms with Crippen LogP contribution in [0.2, 0.25) is 0 Å². The van der Waals surface area contributed by atoms with Gasteiger partial charge in [0, 0.05) is 18.3 Å². The van der Waals surface area contributed by atoms with E-state index in [2.05, 4.69) is 10.3 Å². The predicted octanol–water partition coefficient (Wildman–Crippen LogP) is 1.50. The zero-order valence-corrected chi connectivity index (χ0v) is 9.63. The first-order valence-electron chi connectivity index (χ1n) is 5.45. The van der Waals surface area contributed by atoms with Gasteiger partial charge in [0.1, 0.15) is 5.75 Å². The molecule has 0 radical (unpaired) electrons. The van der Waals surface area contributed by atoms with Crippen LogP contribution in [0.25, 0.3) is 0 Å². The number of phenols is 1. The Kier molecular flexibility index (Phi) is 3.54. The average molecular weight is 243 g/mol. The molecule has 1 aromatic carbocycles. The molecular weight excluding hydrogens is 230 g/mol. The minimum Gasteiger partial charge on any atom is -0.506 e. The molecule has 5 nitrogen and oxygen atoms in total. The molecule has 0 saturated heterocycles. The van der Waals surface area contributed by atoms with Crippen molar-refractivity contribution in [1.82, 2.24) is 4.98 Å². The van der Waals surface area contributed by atoms with Crippen molar-refractivity contribution in [2.24, 2.45) is 5.73 Å². The fourth-order valence-electron chi connectivity index (χ4n) is 1.50. The van der Waals surface area contributed by atoms with Crippen molar-refractivity contribution < 1.29 is 9.90 Å². The van der Waals surface area contributed by atoms with E-state index < -0.39 is 0 Å². The van der Waals surface area contributed by atoms with Gasteiger partial charge in [0.25, 0.3) is 5.91 Å². The van der Waals surface area contributed by atoms with Gasteiger partial charge in [-0.1, -0.05) is 12.1 Å². The summed E-state index contributed by atoms with van der Waals surface area (Å²) in [6.07, 6.45) is 1.53. The highest BCUT2D eigenvalue weighted by Gasteiger charge is 2.09. The first-order valence-corrected chi connectivity index (χ1v) is 5.45. The number of hydrogen-bond donors (Lipinski definition) is 3. The summed E-state index contributed by atoms with van der Waals surface area (Å²) in [7, 11) is 0. The molecule has 1 heterocycles. The van der Waals surface area contributed by atoms with Crippen molar-refractivity contribution in [3.8, 4) is 5.75 Å². The number of phenolic OH excluding ortho intramolecular Hbond substituents is 1. The molecule has 0 saturated carbocycles. The molecule has 0 aliphatic heterocycles. The number of carbonyl (C=O) groups excluding carboxylic acids is 1. The lowest BCUT2D eigenvalue weighted by Gasteiger charge is -2.07. The van der Waals surface area contributed by atoms with Crippen LogP contribution in [0.4, 0.5) is 5.69 Å². The molecule has 2 aromatic rings. The van der Waals surface area contributed by atoms with Gasteiger partial charge in [0.05, 0.1) is 11.4 Å². The van der Waals surface area contributed by atoms with Crippen LogP contribution in [-0.2, 0) is 6.54 Å². The van der Waals surface area contributed by atoms with Crippen LogP contribution >= 0.6 is 0 Å². The largest absolute Gasteiger partial charge is 0.506 e. The number of carbonyl (C=O) groups is 1. The van der Waals surface area contributed by atoms with Crippen molar-refractivity contribution in [3.05, 3.63) is 53.9 Å². The Morgan fingerprint density at radius 3 is 2.83 bits per heavy atom. The lowest BCUT2D eigenvalue weighted by atomic mass is 10.2. The Labute approximate surface area is 104 Å². The van der Waals surface area contributed by atoms with Gasteiger partial charge in [0.2, 0.25) is 0 Å². The van der Waals surface area contributed by atoms with Crippen molar-refractivity contribution >= 4 is 11.6 Å². The second kappa shape index (κ2) is 5.29. The summed E-state index contributed by atoms with van der Waals surface area (Å²) >= 11 is 0. The number of hydrogen-bond acceptors (Lipinski definition) is 4. The minimum absolute atomic E-state index is 0.0268. The number of rotatable bonds is 3. The molecule has 0 aliphatic carbocycles. The van der Waals surface area contributed by atoms with Crippen LogP contribution in [0, 0.1) is 0 Å². The standard InChI is InChI=1S/C13H13N3O2/c14-8-10-7-9(5-6-15-10)13(18)16-11-3-1-2-4-12(11)17/h1-7,17H,8,14H2,(H,16,18). The number of pyridine rings is 1. The average Bonchev–Trinajstić information content (AvgIpc) is 2.41. The molecule has 0 bridgehead atoms. The molecule has 1 aromatic heterocycles. The second-order valence-corrected chi connectivity index (χ2v) is 3.71. The predicted molar refractivity (Wildman–Crippen MR) is 68.2 cm³/mol. The molecular formula is C13H13N3O2. The summed E-state index contributed by atoms with van der Waals surface area (Å²) in [5.74, 6) is -0.285. The number of anilines is 1. The normalized spacial score (nSPS) is 10.1. The molecule has 92 valence electrons. The topological polar surface area (TPSA) is 88.2 Å². The summed E-state index contributed by atoms with van der Waals surface area (Å²) in [4.78, 5) is 16.0. The Balaban J connectivity index is 2.19. The molecule has 2 rings (SSSR count). The van der Waals surface area contributed by atoms with E-state index in [1.807, 2.05) is 0 Å². The summed E-state index contributed by atoms with van der Waals surface area (Å²) in [6, 6.07) is 9.76. The molecule has 18 heavy (non-hydrogen) atoms. The van der Waals surface area contributed by atoms with Crippen LogP contribution in [0.5, 0.6) is 5.75 Å². The van der Waals surface area contributed by atoms with Crippen molar-refractivity contribution in [3.63, 3.8) is 0 Å². The van der Waals surface area contributed by atoms with E-state index in [4.69, 9.17) is 5.73 Å². The molecule has 1 amide bonds. The van der Waals surface area contributed by atoms with E-state index in [0.717, 1.165) is 0 Å². The van der Waals surface area contributed by atoms with Gasteiger partial charge in [-0.3, -0.25) is 9.78 Å². The summed E-state index contributed by atoms with van der Waals surface area (Å²) in [6.45, 7) is 0.276. The molecule has 5 heteroatoms. The molecule has 4 N–H and O–H groups in total. The Morgan fingerprint density at radius 1 is 1.33 bits per heavy atom. The number of amides is 1. The maximum absolute atomic E-state index is 11.9. The fraction of sp³-hybridized carbons (Fsp3) is 0.0769. The third-order valence-electron chi connectivity index (χ3n) is 2.44. The molecule has 0 spiro atoms. The van der Waals surface area contributed by atoms with Crippen LogP contribution in [-0.4, -0.2) is 16.0 Å². The first kappa shape index (κ1) is 12.1. The number of nitrogens with zero attached hydrogens (tertiary/aromatic N) is 1. The lowest BCUT2D eigenvalue weighted by molar-refractivity contribution is 0.102. The van der Waals surface area contributed by atoms with Crippen molar-refractivity contribution in [2.45, 2.75) is 6.54 Å². The van der Waals surface area contributed by atoms with Gasteiger partial charge in [-0.05, 0) is 24.3 Å². The Hall–Kier alpha value is -2.40. The van der Waals surface area contributed by atoms with Gasteiger partial charge in [0.15, 0.2) is 0 Å². The smallest absolute Gasteiger partial charge is 0.255 e. The van der Waals surface area contributed by atoms with Crippen LogP contribution in [0.15, 0.2) is 42.6 Å². The first-order chi connectivity index (χ1) is 8.70. The number of aromatic hydroxyl groups is 1. The quantitative estimate of drug-likeness (QED) is 0.713. The van der Waals surface area contributed by atoms with Crippen molar-refractivity contribution in [2.75, 3.05) is 5.32 Å². The van der Waals surface area contributed by atoms with E-state index in [0.29, 0.717) is 16.9 Å². The van der Waals surface area contributed by atoms with E-state index in [1.54, 1.807) is 30.3 Å². The van der Waals surface area contributed by atoms with Gasteiger partial charge in [-0.2, -0.15) is 0 Å². The monoisotopic (exact) mass is 243 g/mol. The summed E-state index contributed by atoms with van der Waals surface area (Å²) < 4.78 is 0. The third-order valence-corrected chi connectivity index (χ3v) is 2.44. The van der Waals surface area contributed by atoms with E-state index in [-0.39, 0.29) is 18.2 Å². The Morgan fingerprint density at radius 2 is 2.11 bits per heavy atom. The second-order valence-electron chi connectivity index (χ2n) is 3.71. The zero-order chi connectivity index (χ0) is 13.0. The van der Waals surface area contributed by atoms with Crippen LogP contribution < -0.4 is 11.1 Å². The Bertz CT molecular complexity index is 570. The maximum atomic E-state index is 11.9. The number of para-hydroxylation sites is 2. The van der Waals surface area contributed by atoms with Gasteiger partial charge in [-0.25, -0.2) is 0 Å². The van der Waals surface area contributed by atoms with Crippen LogP contribution in [0.1, 0.15) is 16.1 Å². The highest BCUT2D eigenvalue weighted by Crippen LogP contribution is 2.22. The number of aromatic nitrogens is 1. The van der Waals surface area contributed by atoms with Gasteiger partial charge >= 0.3 is 0 Å². The third kappa shape index (κ3) is 2.64. The molecule has 0 atom stereocenters. The minimum atomic E-state index is -0.311. The summed E-state index contributed by atoms with van der Waals surface area (Å²) in [5, 5.41) is 12.2. The van der Waals surface area contributed by atoms with E-state index >= 15 is 0 Å². The number of benzene rings is 1. The van der Waals surface area contributed by atoms with E-state index in [1.165, 1.54) is 12.3 Å². The lowest BCUT2D eigenvalue weighted by Crippen LogP contribution is -2.13.